The molecular formula is C10H13N5O2S. The van der Waals surface area contributed by atoms with Crippen molar-refractivity contribution in [3.63, 3.8) is 0 Å². The van der Waals surface area contributed by atoms with Crippen LogP contribution in [0.1, 0.15) is 18.8 Å². The molecule has 8 heteroatoms. The molecule has 2 heterocycles. The fraction of sp³-hybridized carbons (Fsp3) is 0.300. The number of nitrogens with zero attached hydrogens (tertiary/aromatic N) is 4. The Hall–Kier alpha value is -1.80. The first-order valence-electron chi connectivity index (χ1n) is 5.27. The Morgan fingerprint density at radius 3 is 2.78 bits per heavy atom. The molecule has 0 aliphatic heterocycles. The van der Waals surface area contributed by atoms with Crippen molar-refractivity contribution in [2.45, 2.75) is 17.9 Å². The van der Waals surface area contributed by atoms with Crippen LogP contribution in [0, 0.1) is 0 Å². The summed E-state index contributed by atoms with van der Waals surface area (Å²) in [5.74, 6) is 0.544. The number of aryl methyl sites for hydroxylation is 1. The zero-order valence-electron chi connectivity index (χ0n) is 9.98. The van der Waals surface area contributed by atoms with Crippen LogP contribution in [0.2, 0.25) is 0 Å². The molecule has 0 aliphatic rings. The molecule has 0 amide bonds. The Balaban J connectivity index is 2.22. The first-order chi connectivity index (χ1) is 8.50. The van der Waals surface area contributed by atoms with E-state index in [2.05, 4.69) is 19.8 Å². The van der Waals surface area contributed by atoms with Crippen LogP contribution in [0.3, 0.4) is 0 Å². The van der Waals surface area contributed by atoms with E-state index in [1.807, 2.05) is 0 Å². The molecule has 0 saturated carbocycles. The molecule has 0 radical (unpaired) electrons. The highest BCUT2D eigenvalue weighted by Crippen LogP contribution is 2.13. The van der Waals surface area contributed by atoms with E-state index in [-0.39, 0.29) is 4.90 Å². The molecule has 18 heavy (non-hydrogen) atoms. The van der Waals surface area contributed by atoms with E-state index in [4.69, 9.17) is 0 Å². The van der Waals surface area contributed by atoms with E-state index in [1.54, 1.807) is 20.0 Å². The highest BCUT2D eigenvalue weighted by Gasteiger charge is 2.20. The molecule has 0 aromatic carbocycles. The average molecular weight is 267 g/mol. The zero-order chi connectivity index (χ0) is 13.2. The fourth-order valence-electron chi connectivity index (χ4n) is 1.56. The van der Waals surface area contributed by atoms with Crippen molar-refractivity contribution in [3.05, 3.63) is 36.7 Å². The summed E-state index contributed by atoms with van der Waals surface area (Å²) in [6.07, 6.45) is 4.20. The predicted octanol–water partition coefficient (Wildman–Crippen LogP) is 0.250. The van der Waals surface area contributed by atoms with E-state index in [1.165, 1.54) is 29.5 Å². The van der Waals surface area contributed by atoms with Crippen LogP contribution in [0.15, 0.2) is 35.7 Å². The van der Waals surface area contributed by atoms with Gasteiger partial charge in [-0.1, -0.05) is 0 Å². The third kappa shape index (κ3) is 2.54. The second kappa shape index (κ2) is 4.83. The lowest BCUT2D eigenvalue weighted by molar-refractivity contribution is 0.547. The molecular weight excluding hydrogens is 254 g/mol. The van der Waals surface area contributed by atoms with E-state index in [0.717, 1.165) is 0 Å². The van der Waals surface area contributed by atoms with Gasteiger partial charge in [-0.05, 0) is 19.1 Å². The molecule has 7 nitrogen and oxygen atoms in total. The minimum Gasteiger partial charge on any atom is -0.263 e. The normalized spacial score (nSPS) is 13.4. The van der Waals surface area contributed by atoms with Gasteiger partial charge in [0.2, 0.25) is 10.0 Å². The van der Waals surface area contributed by atoms with Crippen LogP contribution in [0.5, 0.6) is 0 Å². The minimum atomic E-state index is -3.60. The fourth-order valence-corrected chi connectivity index (χ4v) is 2.72. The quantitative estimate of drug-likeness (QED) is 0.857. The van der Waals surface area contributed by atoms with Crippen molar-refractivity contribution < 1.29 is 8.42 Å². The number of nitrogens with one attached hydrogen (secondary N) is 1. The summed E-state index contributed by atoms with van der Waals surface area (Å²) >= 11 is 0. The van der Waals surface area contributed by atoms with Gasteiger partial charge in [-0.2, -0.15) is 5.10 Å². The Kier molecular flexibility index (Phi) is 3.39. The molecule has 0 aliphatic carbocycles. The van der Waals surface area contributed by atoms with Gasteiger partial charge in [0.15, 0.2) is 0 Å². The van der Waals surface area contributed by atoms with Crippen LogP contribution in [-0.4, -0.2) is 28.2 Å². The van der Waals surface area contributed by atoms with Crippen molar-refractivity contribution in [1.29, 1.82) is 0 Å². The molecule has 1 N–H and O–H groups in total. The number of aromatic nitrogens is 4. The second-order valence-electron chi connectivity index (χ2n) is 3.77. The van der Waals surface area contributed by atoms with Gasteiger partial charge in [-0.3, -0.25) is 9.67 Å². The van der Waals surface area contributed by atoms with Crippen LogP contribution >= 0.6 is 0 Å². The molecule has 0 spiro atoms. The number of sulfonamides is 1. The maximum atomic E-state index is 12.0. The summed E-state index contributed by atoms with van der Waals surface area (Å²) in [4.78, 5) is 7.91. The maximum Gasteiger partial charge on any atom is 0.242 e. The van der Waals surface area contributed by atoms with Gasteiger partial charge in [0, 0.05) is 19.4 Å². The number of hydrogen-bond acceptors (Lipinski definition) is 5. The maximum absolute atomic E-state index is 12.0. The molecule has 0 saturated heterocycles. The van der Waals surface area contributed by atoms with Crippen molar-refractivity contribution in [1.82, 2.24) is 24.5 Å². The Labute approximate surface area is 105 Å². The Morgan fingerprint density at radius 1 is 1.44 bits per heavy atom. The molecule has 2 aromatic heterocycles. The number of rotatable bonds is 4. The first-order valence-corrected chi connectivity index (χ1v) is 6.75. The van der Waals surface area contributed by atoms with Gasteiger partial charge in [0.05, 0.1) is 6.04 Å². The largest absolute Gasteiger partial charge is 0.263 e. The highest BCUT2D eigenvalue weighted by atomic mass is 32.2. The van der Waals surface area contributed by atoms with Crippen LogP contribution in [0.25, 0.3) is 0 Å². The molecule has 0 fully saturated rings. The van der Waals surface area contributed by atoms with Crippen molar-refractivity contribution in [3.8, 4) is 0 Å². The van der Waals surface area contributed by atoms with Crippen LogP contribution in [-0.2, 0) is 17.1 Å². The first kappa shape index (κ1) is 12.7. The Morgan fingerprint density at radius 2 is 2.22 bits per heavy atom. The van der Waals surface area contributed by atoms with Crippen molar-refractivity contribution >= 4 is 10.0 Å². The SMILES string of the molecule is CC(NS(=O)(=O)c1cccnc1)c1ncnn1C. The third-order valence-corrected chi connectivity index (χ3v) is 3.94. The lowest BCUT2D eigenvalue weighted by atomic mass is 10.3. The highest BCUT2D eigenvalue weighted by molar-refractivity contribution is 7.89. The van der Waals surface area contributed by atoms with E-state index >= 15 is 0 Å². The molecule has 96 valence electrons. The van der Waals surface area contributed by atoms with Gasteiger partial charge in [-0.15, -0.1) is 0 Å². The van der Waals surface area contributed by atoms with Crippen molar-refractivity contribution in [2.75, 3.05) is 0 Å². The molecule has 2 aromatic rings. The summed E-state index contributed by atoms with van der Waals surface area (Å²) in [6.45, 7) is 1.71. The smallest absolute Gasteiger partial charge is 0.242 e. The van der Waals surface area contributed by atoms with Crippen molar-refractivity contribution in [2.24, 2.45) is 7.05 Å². The third-order valence-electron chi connectivity index (χ3n) is 2.41. The summed E-state index contributed by atoms with van der Waals surface area (Å²) in [5.41, 5.74) is 0. The minimum absolute atomic E-state index is 0.124. The summed E-state index contributed by atoms with van der Waals surface area (Å²) in [7, 11) is -1.89. The second-order valence-corrected chi connectivity index (χ2v) is 5.49. The standard InChI is InChI=1S/C10H13N5O2S/c1-8(10-12-7-13-15(10)2)14-18(16,17)9-4-3-5-11-6-9/h3-8,14H,1-2H3. The van der Waals surface area contributed by atoms with Gasteiger partial charge >= 0.3 is 0 Å². The summed E-state index contributed by atoms with van der Waals surface area (Å²) < 4.78 is 28.1. The molecule has 0 bridgehead atoms. The lowest BCUT2D eigenvalue weighted by Gasteiger charge is -2.13. The van der Waals surface area contributed by atoms with E-state index in [9.17, 15) is 8.42 Å². The molecule has 1 atom stereocenters. The topological polar surface area (TPSA) is 89.8 Å². The number of pyridine rings is 1. The van der Waals surface area contributed by atoms with Crippen LogP contribution < -0.4 is 4.72 Å². The van der Waals surface area contributed by atoms with Gasteiger partial charge in [0.25, 0.3) is 0 Å². The van der Waals surface area contributed by atoms with E-state index in [0.29, 0.717) is 5.82 Å². The lowest BCUT2D eigenvalue weighted by Crippen LogP contribution is -2.28. The number of hydrogen-bond donors (Lipinski definition) is 1. The van der Waals surface area contributed by atoms with Gasteiger partial charge in [0.1, 0.15) is 17.0 Å². The predicted molar refractivity (Wildman–Crippen MR) is 64.0 cm³/mol. The van der Waals surface area contributed by atoms with Gasteiger partial charge in [-0.25, -0.2) is 18.1 Å². The molecule has 2 rings (SSSR count). The zero-order valence-corrected chi connectivity index (χ0v) is 10.8. The van der Waals surface area contributed by atoms with Gasteiger partial charge < -0.3 is 0 Å². The van der Waals surface area contributed by atoms with Crippen LogP contribution in [0.4, 0.5) is 0 Å². The average Bonchev–Trinajstić information content (AvgIpc) is 2.76. The monoisotopic (exact) mass is 267 g/mol. The molecule has 1 unspecified atom stereocenters. The summed E-state index contributed by atoms with van der Waals surface area (Å²) in [6, 6.07) is 2.59. The van der Waals surface area contributed by atoms with E-state index < -0.39 is 16.1 Å². The Bertz CT molecular complexity index is 623. The summed E-state index contributed by atoms with van der Waals surface area (Å²) in [5, 5.41) is 3.90.